The van der Waals surface area contributed by atoms with Crippen LogP contribution in [0.2, 0.25) is 0 Å². The Labute approximate surface area is 188 Å². The maximum atomic E-state index is 12.9. The van der Waals surface area contributed by atoms with Gasteiger partial charge in [-0.25, -0.2) is 9.97 Å². The Hall–Kier alpha value is -3.61. The van der Waals surface area contributed by atoms with E-state index in [0.717, 1.165) is 41.7 Å². The lowest BCUT2D eigenvalue weighted by Crippen LogP contribution is -2.49. The minimum atomic E-state index is 0.0467. The van der Waals surface area contributed by atoms with Crippen LogP contribution in [0.3, 0.4) is 0 Å². The largest absolute Gasteiger partial charge is 0.494 e. The van der Waals surface area contributed by atoms with Crippen molar-refractivity contribution in [2.24, 2.45) is 0 Å². The molecule has 1 aliphatic rings. The van der Waals surface area contributed by atoms with E-state index in [0.29, 0.717) is 31.9 Å². The van der Waals surface area contributed by atoms with Crippen molar-refractivity contribution < 1.29 is 14.3 Å². The molecule has 32 heavy (non-hydrogen) atoms. The van der Waals surface area contributed by atoms with E-state index in [-0.39, 0.29) is 5.91 Å². The first-order valence-electron chi connectivity index (χ1n) is 11.0. The van der Waals surface area contributed by atoms with Gasteiger partial charge in [-0.3, -0.25) is 4.79 Å². The number of hydrogen-bond acceptors (Lipinski definition) is 6. The van der Waals surface area contributed by atoms with Crippen molar-refractivity contribution >= 4 is 11.7 Å². The fraction of sp³-hybridized carbons (Fsp3) is 0.320. The van der Waals surface area contributed by atoms with Crippen molar-refractivity contribution in [2.45, 2.75) is 13.8 Å². The van der Waals surface area contributed by atoms with Crippen molar-refractivity contribution in [3.05, 3.63) is 66.5 Å². The Bertz CT molecular complexity index is 1030. The molecular weight excluding hydrogens is 404 g/mol. The molecule has 1 saturated heterocycles. The third-order valence-corrected chi connectivity index (χ3v) is 5.42. The number of carbonyl (C=O) groups is 1. The molecule has 0 aliphatic carbocycles. The monoisotopic (exact) mass is 432 g/mol. The molecule has 2 aromatic carbocycles. The summed E-state index contributed by atoms with van der Waals surface area (Å²) in [4.78, 5) is 25.8. The van der Waals surface area contributed by atoms with Crippen molar-refractivity contribution in [1.29, 1.82) is 0 Å². The first kappa shape index (κ1) is 21.6. The SMILES string of the molecule is CCOc1ccc(C(=O)N2CCN(c3cc(-c4ccc(OCC)cc4)ncn3)CC2)cc1. The molecule has 0 unspecified atom stereocenters. The van der Waals surface area contributed by atoms with Gasteiger partial charge in [-0.1, -0.05) is 0 Å². The number of nitrogens with zero attached hydrogens (tertiary/aromatic N) is 4. The van der Waals surface area contributed by atoms with Gasteiger partial charge in [0.1, 0.15) is 23.6 Å². The molecule has 2 heterocycles. The summed E-state index contributed by atoms with van der Waals surface area (Å²) in [5.41, 5.74) is 2.56. The van der Waals surface area contributed by atoms with Crippen molar-refractivity contribution in [3.8, 4) is 22.8 Å². The van der Waals surface area contributed by atoms with Gasteiger partial charge in [-0.15, -0.1) is 0 Å². The lowest BCUT2D eigenvalue weighted by Gasteiger charge is -2.35. The maximum Gasteiger partial charge on any atom is 0.253 e. The smallest absolute Gasteiger partial charge is 0.253 e. The molecule has 3 aromatic rings. The summed E-state index contributed by atoms with van der Waals surface area (Å²) < 4.78 is 11.0. The van der Waals surface area contributed by atoms with Gasteiger partial charge in [-0.05, 0) is 62.4 Å². The van der Waals surface area contributed by atoms with Crippen LogP contribution >= 0.6 is 0 Å². The first-order chi connectivity index (χ1) is 15.7. The number of hydrogen-bond donors (Lipinski definition) is 0. The van der Waals surface area contributed by atoms with Gasteiger partial charge in [0.25, 0.3) is 5.91 Å². The molecule has 166 valence electrons. The number of ether oxygens (including phenoxy) is 2. The highest BCUT2D eigenvalue weighted by atomic mass is 16.5. The highest BCUT2D eigenvalue weighted by Crippen LogP contribution is 2.24. The number of benzene rings is 2. The minimum Gasteiger partial charge on any atom is -0.494 e. The van der Waals surface area contributed by atoms with E-state index in [4.69, 9.17) is 9.47 Å². The standard InChI is InChI=1S/C25H28N4O3/c1-3-31-21-9-5-19(6-10-21)23-17-24(27-18-26-23)28-13-15-29(16-14-28)25(30)20-7-11-22(12-8-20)32-4-2/h5-12,17-18H,3-4,13-16H2,1-2H3. The second-order valence-electron chi connectivity index (χ2n) is 7.46. The summed E-state index contributed by atoms with van der Waals surface area (Å²) in [6.45, 7) is 7.91. The zero-order valence-corrected chi connectivity index (χ0v) is 18.5. The van der Waals surface area contributed by atoms with Crippen LogP contribution in [0.4, 0.5) is 5.82 Å². The average Bonchev–Trinajstić information content (AvgIpc) is 2.85. The van der Waals surface area contributed by atoms with E-state index in [2.05, 4.69) is 14.9 Å². The molecule has 0 N–H and O–H groups in total. The summed E-state index contributed by atoms with van der Waals surface area (Å²) in [5, 5.41) is 0. The molecule has 1 amide bonds. The summed E-state index contributed by atoms with van der Waals surface area (Å²) in [7, 11) is 0. The first-order valence-corrected chi connectivity index (χ1v) is 11.0. The molecule has 0 atom stereocenters. The van der Waals surface area contributed by atoms with Crippen LogP contribution in [0.25, 0.3) is 11.3 Å². The number of aromatic nitrogens is 2. The number of rotatable bonds is 7. The van der Waals surface area contributed by atoms with Gasteiger partial charge in [-0.2, -0.15) is 0 Å². The van der Waals surface area contributed by atoms with Gasteiger partial charge in [0, 0.05) is 43.4 Å². The molecular formula is C25H28N4O3. The summed E-state index contributed by atoms with van der Waals surface area (Å²) >= 11 is 0. The van der Waals surface area contributed by atoms with E-state index in [1.54, 1.807) is 6.33 Å². The minimum absolute atomic E-state index is 0.0467. The van der Waals surface area contributed by atoms with Gasteiger partial charge >= 0.3 is 0 Å². The highest BCUT2D eigenvalue weighted by Gasteiger charge is 2.23. The third kappa shape index (κ3) is 4.99. The predicted molar refractivity (Wildman–Crippen MR) is 124 cm³/mol. The van der Waals surface area contributed by atoms with Crippen molar-refractivity contribution in [2.75, 3.05) is 44.3 Å². The molecule has 0 bridgehead atoms. The number of anilines is 1. The molecule has 0 radical (unpaired) electrons. The van der Waals surface area contributed by atoms with E-state index in [1.165, 1.54) is 0 Å². The van der Waals surface area contributed by atoms with E-state index >= 15 is 0 Å². The Balaban J connectivity index is 1.38. The Morgan fingerprint density at radius 3 is 2.03 bits per heavy atom. The van der Waals surface area contributed by atoms with Gasteiger partial charge in [0.15, 0.2) is 0 Å². The normalized spacial score (nSPS) is 13.7. The quantitative estimate of drug-likeness (QED) is 0.564. The van der Waals surface area contributed by atoms with Crippen molar-refractivity contribution in [1.82, 2.24) is 14.9 Å². The van der Waals surface area contributed by atoms with E-state index in [9.17, 15) is 4.79 Å². The van der Waals surface area contributed by atoms with Crippen LogP contribution in [-0.2, 0) is 0 Å². The molecule has 0 spiro atoms. The van der Waals surface area contributed by atoms with Gasteiger partial charge in [0.2, 0.25) is 0 Å². The third-order valence-electron chi connectivity index (χ3n) is 5.42. The van der Waals surface area contributed by atoms with Crippen LogP contribution in [0.15, 0.2) is 60.9 Å². The Morgan fingerprint density at radius 2 is 1.44 bits per heavy atom. The molecule has 1 aliphatic heterocycles. The van der Waals surface area contributed by atoms with Crippen LogP contribution in [-0.4, -0.2) is 60.2 Å². The summed E-state index contributed by atoms with van der Waals surface area (Å²) in [5.74, 6) is 2.54. The molecule has 7 heteroatoms. The summed E-state index contributed by atoms with van der Waals surface area (Å²) in [6.07, 6.45) is 1.60. The lowest BCUT2D eigenvalue weighted by atomic mass is 10.1. The Morgan fingerprint density at radius 1 is 0.844 bits per heavy atom. The van der Waals surface area contributed by atoms with Gasteiger partial charge in [0.05, 0.1) is 18.9 Å². The van der Waals surface area contributed by atoms with Crippen LogP contribution < -0.4 is 14.4 Å². The number of carbonyl (C=O) groups excluding carboxylic acids is 1. The summed E-state index contributed by atoms with van der Waals surface area (Å²) in [6, 6.07) is 17.2. The van der Waals surface area contributed by atoms with Crippen molar-refractivity contribution in [3.63, 3.8) is 0 Å². The fourth-order valence-corrected chi connectivity index (χ4v) is 3.75. The molecule has 4 rings (SSSR count). The van der Waals surface area contributed by atoms with Crippen LogP contribution in [0.1, 0.15) is 24.2 Å². The Kier molecular flexibility index (Phi) is 6.84. The fourth-order valence-electron chi connectivity index (χ4n) is 3.75. The van der Waals surface area contributed by atoms with E-state index in [1.807, 2.05) is 73.3 Å². The lowest BCUT2D eigenvalue weighted by molar-refractivity contribution is 0.0746. The van der Waals surface area contributed by atoms with Crippen LogP contribution in [0, 0.1) is 0 Å². The second kappa shape index (κ2) is 10.1. The van der Waals surface area contributed by atoms with Crippen LogP contribution in [0.5, 0.6) is 11.5 Å². The highest BCUT2D eigenvalue weighted by molar-refractivity contribution is 5.94. The molecule has 7 nitrogen and oxygen atoms in total. The molecule has 0 saturated carbocycles. The zero-order valence-electron chi connectivity index (χ0n) is 18.5. The van der Waals surface area contributed by atoms with Gasteiger partial charge < -0.3 is 19.3 Å². The number of piperazine rings is 1. The molecule has 1 aromatic heterocycles. The number of amides is 1. The molecule has 1 fully saturated rings. The predicted octanol–water partition coefficient (Wildman–Crippen LogP) is 3.90. The zero-order chi connectivity index (χ0) is 22.3. The van der Waals surface area contributed by atoms with E-state index < -0.39 is 0 Å². The average molecular weight is 433 g/mol. The maximum absolute atomic E-state index is 12.9. The topological polar surface area (TPSA) is 67.8 Å². The second-order valence-corrected chi connectivity index (χ2v) is 7.46.